The number of anilines is 2. The van der Waals surface area contributed by atoms with Gasteiger partial charge in [0.25, 0.3) is 5.91 Å². The summed E-state index contributed by atoms with van der Waals surface area (Å²) in [4.78, 5) is 28.0. The summed E-state index contributed by atoms with van der Waals surface area (Å²) < 4.78 is 0. The fourth-order valence-electron chi connectivity index (χ4n) is 1.58. The van der Waals surface area contributed by atoms with E-state index in [1.165, 1.54) is 7.05 Å². The van der Waals surface area contributed by atoms with Gasteiger partial charge in [0.1, 0.15) is 17.7 Å². The first kappa shape index (κ1) is 10.4. The van der Waals surface area contributed by atoms with Crippen molar-refractivity contribution >= 4 is 23.5 Å². The van der Waals surface area contributed by atoms with Gasteiger partial charge in [0.05, 0.1) is 6.42 Å². The molecule has 0 radical (unpaired) electrons. The van der Waals surface area contributed by atoms with Crippen LogP contribution in [0.15, 0.2) is 18.2 Å². The first-order valence-corrected chi connectivity index (χ1v) is 4.87. The molecule has 16 heavy (non-hydrogen) atoms. The Morgan fingerprint density at radius 3 is 2.81 bits per heavy atom. The highest BCUT2D eigenvalue weighted by Gasteiger charge is 2.36. The van der Waals surface area contributed by atoms with Crippen LogP contribution in [0, 0.1) is 0 Å². The second kappa shape index (κ2) is 3.80. The zero-order chi connectivity index (χ0) is 11.7. The molecule has 3 N–H and O–H groups in total. The normalized spacial score (nSPS) is 20.3. The van der Waals surface area contributed by atoms with Crippen LogP contribution in [0.1, 0.15) is 6.42 Å². The van der Waals surface area contributed by atoms with E-state index < -0.39 is 6.04 Å². The molecule has 1 aliphatic heterocycles. The molecule has 1 atom stereocenters. The lowest BCUT2D eigenvalue weighted by Crippen LogP contribution is -2.32. The van der Waals surface area contributed by atoms with E-state index in [9.17, 15) is 9.59 Å². The molecule has 1 saturated heterocycles. The number of nitrogens with one attached hydrogen (secondary N) is 1. The van der Waals surface area contributed by atoms with Crippen molar-refractivity contribution in [3.8, 4) is 0 Å². The Labute approximate surface area is 92.4 Å². The summed E-state index contributed by atoms with van der Waals surface area (Å²) in [6.45, 7) is 0. The number of amides is 2. The molecule has 1 aromatic heterocycles. The molecule has 6 nitrogen and oxygen atoms in total. The van der Waals surface area contributed by atoms with Gasteiger partial charge in [-0.3, -0.25) is 14.5 Å². The second-order valence-corrected chi connectivity index (χ2v) is 3.64. The number of aromatic nitrogens is 1. The van der Waals surface area contributed by atoms with Crippen molar-refractivity contribution in [1.82, 2.24) is 9.88 Å². The number of likely N-dealkylation sites (N-methyl/N-ethyl adjacent to an activating group) is 1. The van der Waals surface area contributed by atoms with Crippen LogP contribution in [0.4, 0.5) is 11.6 Å². The summed E-state index contributed by atoms with van der Waals surface area (Å²) in [5, 5.41) is 2.89. The third-order valence-corrected chi connectivity index (χ3v) is 2.47. The molecule has 1 aliphatic rings. The minimum atomic E-state index is -0.535. The number of imide groups is 1. The molecule has 0 bridgehead atoms. The number of likely N-dealkylation sites (tertiary alicyclic amines) is 1. The summed E-state index contributed by atoms with van der Waals surface area (Å²) in [5.74, 6) is 0.442. The van der Waals surface area contributed by atoms with Gasteiger partial charge in [-0.1, -0.05) is 6.07 Å². The van der Waals surface area contributed by atoms with Crippen LogP contribution in [0.5, 0.6) is 0 Å². The van der Waals surface area contributed by atoms with Crippen molar-refractivity contribution in [1.29, 1.82) is 0 Å². The van der Waals surface area contributed by atoms with Gasteiger partial charge >= 0.3 is 0 Å². The quantitative estimate of drug-likeness (QED) is 0.676. The monoisotopic (exact) mass is 220 g/mol. The van der Waals surface area contributed by atoms with Gasteiger partial charge in [0.2, 0.25) is 5.91 Å². The van der Waals surface area contributed by atoms with E-state index in [1.54, 1.807) is 18.2 Å². The van der Waals surface area contributed by atoms with Crippen LogP contribution in [-0.2, 0) is 9.59 Å². The van der Waals surface area contributed by atoms with Gasteiger partial charge in [0.15, 0.2) is 0 Å². The molecule has 0 spiro atoms. The lowest BCUT2D eigenvalue weighted by Gasteiger charge is -2.11. The van der Waals surface area contributed by atoms with Gasteiger partial charge in [-0.25, -0.2) is 4.98 Å². The van der Waals surface area contributed by atoms with E-state index in [0.717, 1.165) is 4.90 Å². The highest BCUT2D eigenvalue weighted by molar-refractivity contribution is 6.06. The number of hydrogen-bond acceptors (Lipinski definition) is 5. The van der Waals surface area contributed by atoms with Crippen LogP contribution < -0.4 is 11.1 Å². The number of nitrogens with zero attached hydrogens (tertiary/aromatic N) is 2. The van der Waals surface area contributed by atoms with Gasteiger partial charge in [-0.15, -0.1) is 0 Å². The average molecular weight is 220 g/mol. The Hall–Kier alpha value is -2.11. The van der Waals surface area contributed by atoms with E-state index in [1.807, 2.05) is 0 Å². The van der Waals surface area contributed by atoms with Crippen LogP contribution in [0.2, 0.25) is 0 Å². The topological polar surface area (TPSA) is 88.3 Å². The van der Waals surface area contributed by atoms with Crippen LogP contribution >= 0.6 is 0 Å². The van der Waals surface area contributed by atoms with Crippen molar-refractivity contribution in [2.75, 3.05) is 18.1 Å². The van der Waals surface area contributed by atoms with Crippen LogP contribution in [0.25, 0.3) is 0 Å². The summed E-state index contributed by atoms with van der Waals surface area (Å²) in [6, 6.07) is 4.55. The molecular weight excluding hydrogens is 208 g/mol. The molecule has 2 rings (SSSR count). The first-order chi connectivity index (χ1) is 7.58. The van der Waals surface area contributed by atoms with Gasteiger partial charge in [-0.05, 0) is 12.1 Å². The predicted octanol–water partition coefficient (Wildman–Crippen LogP) is -0.167. The molecule has 0 aromatic carbocycles. The third kappa shape index (κ3) is 1.81. The Kier molecular flexibility index (Phi) is 2.47. The zero-order valence-electron chi connectivity index (χ0n) is 8.80. The number of rotatable bonds is 2. The van der Waals surface area contributed by atoms with Gasteiger partial charge in [-0.2, -0.15) is 0 Å². The molecule has 1 aromatic rings. The van der Waals surface area contributed by atoms with E-state index in [4.69, 9.17) is 5.73 Å². The number of hydrogen-bond donors (Lipinski definition) is 2. The van der Waals surface area contributed by atoms with E-state index >= 15 is 0 Å². The van der Waals surface area contributed by atoms with Crippen molar-refractivity contribution in [3.63, 3.8) is 0 Å². The highest BCUT2D eigenvalue weighted by Crippen LogP contribution is 2.16. The van der Waals surface area contributed by atoms with E-state index in [0.29, 0.717) is 11.6 Å². The third-order valence-electron chi connectivity index (χ3n) is 2.47. The second-order valence-electron chi connectivity index (χ2n) is 3.64. The van der Waals surface area contributed by atoms with Crippen LogP contribution in [0.3, 0.4) is 0 Å². The predicted molar refractivity (Wildman–Crippen MR) is 58.5 cm³/mol. The maximum atomic E-state index is 11.6. The summed E-state index contributed by atoms with van der Waals surface area (Å²) in [6.07, 6.45) is 0.159. The Bertz CT molecular complexity index is 446. The molecule has 2 amide bonds. The Morgan fingerprint density at radius 1 is 1.50 bits per heavy atom. The first-order valence-electron chi connectivity index (χ1n) is 4.87. The Balaban J connectivity index is 2.12. The molecular formula is C10H12N4O2. The lowest BCUT2D eigenvalue weighted by atomic mass is 10.2. The minimum Gasteiger partial charge on any atom is -0.384 e. The fourth-order valence-corrected chi connectivity index (χ4v) is 1.58. The van der Waals surface area contributed by atoms with Gasteiger partial charge in [0, 0.05) is 7.05 Å². The maximum Gasteiger partial charge on any atom is 0.251 e. The summed E-state index contributed by atoms with van der Waals surface area (Å²) in [7, 11) is 1.47. The molecule has 0 aliphatic carbocycles. The van der Waals surface area contributed by atoms with Gasteiger partial charge < -0.3 is 11.1 Å². The number of carbonyl (C=O) groups excluding carboxylic acids is 2. The van der Waals surface area contributed by atoms with Crippen molar-refractivity contribution in [2.24, 2.45) is 0 Å². The average Bonchev–Trinajstić information content (AvgIpc) is 2.47. The maximum absolute atomic E-state index is 11.6. The smallest absolute Gasteiger partial charge is 0.251 e. The molecule has 84 valence electrons. The fraction of sp³-hybridized carbons (Fsp3) is 0.300. The molecule has 2 heterocycles. The summed E-state index contributed by atoms with van der Waals surface area (Å²) in [5.41, 5.74) is 5.51. The van der Waals surface area contributed by atoms with Crippen molar-refractivity contribution in [3.05, 3.63) is 18.2 Å². The van der Waals surface area contributed by atoms with Crippen LogP contribution in [-0.4, -0.2) is 34.8 Å². The van der Waals surface area contributed by atoms with E-state index in [2.05, 4.69) is 10.3 Å². The minimum absolute atomic E-state index is 0.159. The number of pyridine rings is 1. The molecule has 6 heteroatoms. The number of nitrogens with two attached hydrogens (primary N) is 1. The summed E-state index contributed by atoms with van der Waals surface area (Å²) >= 11 is 0. The largest absolute Gasteiger partial charge is 0.384 e. The highest BCUT2D eigenvalue weighted by atomic mass is 16.2. The molecule has 1 fully saturated rings. The Morgan fingerprint density at radius 2 is 2.25 bits per heavy atom. The zero-order valence-corrected chi connectivity index (χ0v) is 8.80. The SMILES string of the molecule is CN1C(=O)CC(Nc2cccc(N)n2)C1=O. The van der Waals surface area contributed by atoms with Crippen molar-refractivity contribution in [2.45, 2.75) is 12.5 Å². The molecule has 0 saturated carbocycles. The van der Waals surface area contributed by atoms with Crippen molar-refractivity contribution < 1.29 is 9.59 Å². The lowest BCUT2D eigenvalue weighted by molar-refractivity contribution is -0.136. The van der Waals surface area contributed by atoms with E-state index in [-0.39, 0.29) is 18.2 Å². The standard InChI is InChI=1S/C10H12N4O2/c1-14-9(15)5-6(10(14)16)12-8-4-2-3-7(11)13-8/h2-4,6H,5H2,1H3,(H3,11,12,13). The molecule has 1 unspecified atom stereocenters. The number of carbonyl (C=O) groups is 2. The number of nitrogen functional groups attached to an aromatic ring is 1.